The van der Waals surface area contributed by atoms with Gasteiger partial charge in [0.15, 0.2) is 0 Å². The highest BCUT2D eigenvalue weighted by molar-refractivity contribution is 5.79. The third-order valence-corrected chi connectivity index (χ3v) is 4.96. The Hall–Kier alpha value is -3.27. The number of aromatic hydroxyl groups is 1. The Balaban J connectivity index is 1.34. The Morgan fingerprint density at radius 3 is 2.11 bits per heavy atom. The van der Waals surface area contributed by atoms with Crippen molar-refractivity contribution in [3.63, 3.8) is 0 Å². The molecule has 0 heterocycles. The molecule has 0 aliphatic heterocycles. The molecule has 0 bridgehead atoms. The predicted octanol–water partition coefficient (Wildman–Crippen LogP) is 4.47. The topological polar surface area (TPSA) is 58.6 Å². The van der Waals surface area contributed by atoms with Crippen molar-refractivity contribution in [3.05, 3.63) is 89.5 Å². The smallest absolute Gasteiger partial charge is 0.407 e. The molecule has 136 valence electrons. The molecule has 0 atom stereocenters. The number of phenols is 1. The number of ether oxygens (including phenoxy) is 1. The van der Waals surface area contributed by atoms with Gasteiger partial charge in [0.05, 0.1) is 0 Å². The summed E-state index contributed by atoms with van der Waals surface area (Å²) < 4.78 is 5.51. The van der Waals surface area contributed by atoms with E-state index in [2.05, 4.69) is 29.6 Å². The van der Waals surface area contributed by atoms with Crippen molar-refractivity contribution in [2.45, 2.75) is 12.3 Å². The van der Waals surface area contributed by atoms with E-state index in [9.17, 15) is 9.90 Å². The SMILES string of the molecule is O=C(NCCc1ccc(O)cc1)OCC1c2ccccc2-c2ccccc21. The lowest BCUT2D eigenvalue weighted by Gasteiger charge is -2.14. The predicted molar refractivity (Wildman–Crippen MR) is 105 cm³/mol. The highest BCUT2D eigenvalue weighted by atomic mass is 16.5. The van der Waals surface area contributed by atoms with Gasteiger partial charge in [0, 0.05) is 12.5 Å². The maximum absolute atomic E-state index is 12.1. The van der Waals surface area contributed by atoms with Crippen molar-refractivity contribution in [1.29, 1.82) is 0 Å². The van der Waals surface area contributed by atoms with E-state index in [1.807, 2.05) is 36.4 Å². The number of phenolic OH excluding ortho intramolecular Hbond substituents is 1. The van der Waals surface area contributed by atoms with Gasteiger partial charge in [-0.25, -0.2) is 4.79 Å². The van der Waals surface area contributed by atoms with Gasteiger partial charge in [-0.2, -0.15) is 0 Å². The van der Waals surface area contributed by atoms with Crippen LogP contribution in [-0.2, 0) is 11.2 Å². The summed E-state index contributed by atoms with van der Waals surface area (Å²) in [5, 5.41) is 12.1. The monoisotopic (exact) mass is 359 g/mol. The van der Waals surface area contributed by atoms with Gasteiger partial charge in [-0.3, -0.25) is 0 Å². The number of alkyl carbamates (subject to hydrolysis) is 1. The van der Waals surface area contributed by atoms with E-state index < -0.39 is 6.09 Å². The molecule has 27 heavy (non-hydrogen) atoms. The molecule has 1 aliphatic carbocycles. The van der Waals surface area contributed by atoms with Crippen LogP contribution in [-0.4, -0.2) is 24.4 Å². The summed E-state index contributed by atoms with van der Waals surface area (Å²) >= 11 is 0. The molecule has 1 aliphatic rings. The van der Waals surface area contributed by atoms with Crippen LogP contribution in [0.2, 0.25) is 0 Å². The van der Waals surface area contributed by atoms with Crippen LogP contribution in [0, 0.1) is 0 Å². The minimum absolute atomic E-state index is 0.0697. The second-order valence-electron chi connectivity index (χ2n) is 6.67. The quantitative estimate of drug-likeness (QED) is 0.706. The van der Waals surface area contributed by atoms with Crippen molar-refractivity contribution < 1.29 is 14.6 Å². The van der Waals surface area contributed by atoms with E-state index >= 15 is 0 Å². The number of amides is 1. The molecule has 0 unspecified atom stereocenters. The first-order valence-corrected chi connectivity index (χ1v) is 9.09. The van der Waals surface area contributed by atoms with Gasteiger partial charge in [0.2, 0.25) is 0 Å². The van der Waals surface area contributed by atoms with E-state index in [1.54, 1.807) is 12.1 Å². The first kappa shape index (κ1) is 17.2. The molecule has 4 nitrogen and oxygen atoms in total. The third-order valence-electron chi connectivity index (χ3n) is 4.96. The van der Waals surface area contributed by atoms with Crippen molar-refractivity contribution in [2.75, 3.05) is 13.2 Å². The number of benzene rings is 3. The van der Waals surface area contributed by atoms with Gasteiger partial charge in [0.1, 0.15) is 12.4 Å². The van der Waals surface area contributed by atoms with Crippen LogP contribution in [0.25, 0.3) is 11.1 Å². The van der Waals surface area contributed by atoms with Crippen LogP contribution in [0.15, 0.2) is 72.8 Å². The number of nitrogens with one attached hydrogen (secondary N) is 1. The fraction of sp³-hybridized carbons (Fsp3) is 0.174. The average Bonchev–Trinajstić information content (AvgIpc) is 3.02. The van der Waals surface area contributed by atoms with Crippen LogP contribution >= 0.6 is 0 Å². The molecule has 0 aromatic heterocycles. The summed E-state index contributed by atoms with van der Waals surface area (Å²) in [5.41, 5.74) is 5.89. The second kappa shape index (κ2) is 7.54. The highest BCUT2D eigenvalue weighted by Crippen LogP contribution is 2.44. The van der Waals surface area contributed by atoms with Crippen molar-refractivity contribution in [1.82, 2.24) is 5.32 Å². The fourth-order valence-corrected chi connectivity index (χ4v) is 3.62. The largest absolute Gasteiger partial charge is 0.508 e. The maximum atomic E-state index is 12.1. The Bertz CT molecular complexity index is 904. The molecule has 4 heteroatoms. The van der Waals surface area contributed by atoms with Gasteiger partial charge in [0.25, 0.3) is 0 Å². The van der Waals surface area contributed by atoms with E-state index in [4.69, 9.17) is 4.74 Å². The van der Waals surface area contributed by atoms with Crippen LogP contribution in [0.3, 0.4) is 0 Å². The Morgan fingerprint density at radius 2 is 1.48 bits per heavy atom. The summed E-state index contributed by atoms with van der Waals surface area (Å²) in [5.74, 6) is 0.309. The number of rotatable bonds is 5. The van der Waals surface area contributed by atoms with Crippen molar-refractivity contribution >= 4 is 6.09 Å². The van der Waals surface area contributed by atoms with Crippen LogP contribution in [0.4, 0.5) is 4.79 Å². The summed E-state index contributed by atoms with van der Waals surface area (Å²) in [6.45, 7) is 0.806. The van der Waals surface area contributed by atoms with Gasteiger partial charge in [-0.15, -0.1) is 0 Å². The molecule has 0 spiro atoms. The van der Waals surface area contributed by atoms with Crippen LogP contribution < -0.4 is 5.32 Å². The van der Waals surface area contributed by atoms with E-state index in [1.165, 1.54) is 22.3 Å². The summed E-state index contributed by atoms with van der Waals surface area (Å²) in [4.78, 5) is 12.1. The van der Waals surface area contributed by atoms with Crippen molar-refractivity contribution in [3.8, 4) is 16.9 Å². The zero-order chi connectivity index (χ0) is 18.6. The maximum Gasteiger partial charge on any atom is 0.407 e. The normalized spacial score (nSPS) is 12.3. The van der Waals surface area contributed by atoms with Crippen LogP contribution in [0.5, 0.6) is 5.75 Å². The summed E-state index contributed by atoms with van der Waals surface area (Å²) in [6, 6.07) is 23.5. The highest BCUT2D eigenvalue weighted by Gasteiger charge is 2.28. The first-order chi connectivity index (χ1) is 13.2. The summed E-state index contributed by atoms with van der Waals surface area (Å²) in [6.07, 6.45) is 0.278. The second-order valence-corrected chi connectivity index (χ2v) is 6.67. The van der Waals surface area contributed by atoms with Crippen LogP contribution in [0.1, 0.15) is 22.6 Å². The molecule has 1 amide bonds. The Morgan fingerprint density at radius 1 is 0.889 bits per heavy atom. The minimum atomic E-state index is -0.407. The molecule has 0 radical (unpaired) electrons. The first-order valence-electron chi connectivity index (χ1n) is 9.09. The lowest BCUT2D eigenvalue weighted by Crippen LogP contribution is -2.28. The number of carbonyl (C=O) groups excluding carboxylic acids is 1. The molecule has 0 saturated heterocycles. The number of hydrogen-bond donors (Lipinski definition) is 2. The lowest BCUT2D eigenvalue weighted by atomic mass is 9.98. The third kappa shape index (κ3) is 3.65. The Labute approximate surface area is 158 Å². The number of fused-ring (bicyclic) bond motifs is 3. The van der Waals surface area contributed by atoms with Gasteiger partial charge in [-0.1, -0.05) is 60.7 Å². The summed E-state index contributed by atoms with van der Waals surface area (Å²) in [7, 11) is 0. The van der Waals surface area contributed by atoms with Gasteiger partial charge < -0.3 is 15.2 Å². The molecular formula is C23H21NO3. The standard InChI is InChI=1S/C23H21NO3/c25-17-11-9-16(10-12-17)13-14-24-23(26)27-15-22-20-7-3-1-5-18(20)19-6-2-4-8-21(19)22/h1-12,22,25H,13-15H2,(H,24,26). The molecule has 3 aromatic rings. The molecule has 0 saturated carbocycles. The van der Waals surface area contributed by atoms with Gasteiger partial charge in [-0.05, 0) is 46.4 Å². The van der Waals surface area contributed by atoms with E-state index in [-0.39, 0.29) is 11.7 Å². The van der Waals surface area contributed by atoms with Gasteiger partial charge >= 0.3 is 6.09 Å². The molecular weight excluding hydrogens is 338 g/mol. The molecule has 2 N–H and O–H groups in total. The number of hydrogen-bond acceptors (Lipinski definition) is 3. The van der Waals surface area contributed by atoms with E-state index in [0.29, 0.717) is 19.6 Å². The zero-order valence-electron chi connectivity index (χ0n) is 14.9. The fourth-order valence-electron chi connectivity index (χ4n) is 3.62. The Kier molecular flexibility index (Phi) is 4.79. The average molecular weight is 359 g/mol. The molecule has 0 fully saturated rings. The molecule has 4 rings (SSSR count). The minimum Gasteiger partial charge on any atom is -0.508 e. The van der Waals surface area contributed by atoms with Crippen molar-refractivity contribution in [2.24, 2.45) is 0 Å². The zero-order valence-corrected chi connectivity index (χ0v) is 14.9. The lowest BCUT2D eigenvalue weighted by molar-refractivity contribution is 0.143. The van der Waals surface area contributed by atoms with E-state index in [0.717, 1.165) is 5.56 Å². The molecule has 3 aromatic carbocycles. The number of carbonyl (C=O) groups is 1.